The van der Waals surface area contributed by atoms with Gasteiger partial charge in [-0.3, -0.25) is 15.8 Å². The maximum atomic E-state index is 5.82. The number of nitrogens with zero attached hydrogens (tertiary/aromatic N) is 2. The molecular formula is C17H18N4. The summed E-state index contributed by atoms with van der Waals surface area (Å²) in [4.78, 5) is 8.89. The molecule has 106 valence electrons. The SMILES string of the molecule is Cc1cnc(C(NN)c2cncc3ccccc23)c(C)c1. The lowest BCUT2D eigenvalue weighted by atomic mass is 9.97. The average Bonchev–Trinajstić information content (AvgIpc) is 2.50. The quantitative estimate of drug-likeness (QED) is 0.571. The summed E-state index contributed by atoms with van der Waals surface area (Å²) in [6, 6.07) is 10.1. The third-order valence-corrected chi connectivity index (χ3v) is 3.71. The fraction of sp³-hybridized carbons (Fsp3) is 0.176. The number of hydrazine groups is 1. The fourth-order valence-corrected chi connectivity index (χ4v) is 2.71. The van der Waals surface area contributed by atoms with E-state index in [1.54, 1.807) is 0 Å². The third kappa shape index (κ3) is 2.51. The Kier molecular flexibility index (Phi) is 3.64. The number of nitrogens with one attached hydrogen (secondary N) is 1. The Bertz CT molecular complexity index is 777. The smallest absolute Gasteiger partial charge is 0.0904 e. The van der Waals surface area contributed by atoms with E-state index in [2.05, 4.69) is 40.5 Å². The van der Waals surface area contributed by atoms with E-state index in [-0.39, 0.29) is 6.04 Å². The molecule has 0 bridgehead atoms. The summed E-state index contributed by atoms with van der Waals surface area (Å²) in [5, 5.41) is 2.23. The van der Waals surface area contributed by atoms with Gasteiger partial charge in [-0.25, -0.2) is 5.43 Å². The highest BCUT2D eigenvalue weighted by Gasteiger charge is 2.18. The lowest BCUT2D eigenvalue weighted by molar-refractivity contribution is 0.618. The molecule has 1 unspecified atom stereocenters. The van der Waals surface area contributed by atoms with Gasteiger partial charge in [0.15, 0.2) is 0 Å². The summed E-state index contributed by atoms with van der Waals surface area (Å²) in [7, 11) is 0. The maximum Gasteiger partial charge on any atom is 0.0904 e. The second kappa shape index (κ2) is 5.60. The molecule has 21 heavy (non-hydrogen) atoms. The zero-order valence-corrected chi connectivity index (χ0v) is 12.2. The van der Waals surface area contributed by atoms with Crippen molar-refractivity contribution >= 4 is 10.8 Å². The molecule has 0 radical (unpaired) electrons. The predicted octanol–water partition coefficient (Wildman–Crippen LogP) is 2.80. The molecule has 0 aliphatic rings. The first-order valence-corrected chi connectivity index (χ1v) is 6.92. The number of fused-ring (bicyclic) bond motifs is 1. The molecule has 3 aromatic rings. The molecule has 3 rings (SSSR count). The lowest BCUT2D eigenvalue weighted by Crippen LogP contribution is -2.30. The predicted molar refractivity (Wildman–Crippen MR) is 84.6 cm³/mol. The molecule has 2 aromatic heterocycles. The van der Waals surface area contributed by atoms with Crippen molar-refractivity contribution in [1.29, 1.82) is 0 Å². The van der Waals surface area contributed by atoms with Crippen LogP contribution < -0.4 is 11.3 Å². The van der Waals surface area contributed by atoms with Crippen LogP contribution >= 0.6 is 0 Å². The van der Waals surface area contributed by atoms with Gasteiger partial charge in [-0.1, -0.05) is 30.3 Å². The van der Waals surface area contributed by atoms with E-state index in [9.17, 15) is 0 Å². The first-order valence-electron chi connectivity index (χ1n) is 6.92. The summed E-state index contributed by atoms with van der Waals surface area (Å²) in [5.41, 5.74) is 7.11. The zero-order valence-electron chi connectivity index (χ0n) is 12.2. The Morgan fingerprint density at radius 1 is 1.10 bits per heavy atom. The standard InChI is InChI=1S/C17H18N4/c1-11-7-12(2)16(20-8-11)17(21-18)15-10-19-9-13-5-3-4-6-14(13)15/h3-10,17,21H,18H2,1-2H3. The van der Waals surface area contributed by atoms with E-state index in [1.165, 1.54) is 0 Å². The maximum absolute atomic E-state index is 5.82. The molecule has 3 N–H and O–H groups in total. The molecule has 0 amide bonds. The molecule has 1 aromatic carbocycles. The van der Waals surface area contributed by atoms with Gasteiger partial charge < -0.3 is 0 Å². The van der Waals surface area contributed by atoms with E-state index in [0.717, 1.165) is 33.2 Å². The van der Waals surface area contributed by atoms with E-state index >= 15 is 0 Å². The van der Waals surface area contributed by atoms with Crippen LogP contribution in [0.3, 0.4) is 0 Å². The highest BCUT2D eigenvalue weighted by Crippen LogP contribution is 2.28. The van der Waals surface area contributed by atoms with Crippen molar-refractivity contribution in [3.05, 3.63) is 71.3 Å². The highest BCUT2D eigenvalue weighted by molar-refractivity contribution is 5.85. The second-order valence-corrected chi connectivity index (χ2v) is 5.26. The molecule has 0 spiro atoms. The number of rotatable bonds is 3. The van der Waals surface area contributed by atoms with Gasteiger partial charge in [-0.05, 0) is 30.4 Å². The van der Waals surface area contributed by atoms with E-state index < -0.39 is 0 Å². The van der Waals surface area contributed by atoms with Crippen LogP contribution in [0.2, 0.25) is 0 Å². The summed E-state index contributed by atoms with van der Waals surface area (Å²) < 4.78 is 0. The Morgan fingerprint density at radius 3 is 2.67 bits per heavy atom. The monoisotopic (exact) mass is 278 g/mol. The topological polar surface area (TPSA) is 63.8 Å². The van der Waals surface area contributed by atoms with Crippen LogP contribution in [-0.2, 0) is 0 Å². The van der Waals surface area contributed by atoms with E-state index in [0.29, 0.717) is 0 Å². The first-order chi connectivity index (χ1) is 10.2. The minimum Gasteiger partial charge on any atom is -0.271 e. The molecule has 0 fully saturated rings. The van der Waals surface area contributed by atoms with Gasteiger partial charge in [0.2, 0.25) is 0 Å². The van der Waals surface area contributed by atoms with Crippen molar-refractivity contribution in [3.63, 3.8) is 0 Å². The fourth-order valence-electron chi connectivity index (χ4n) is 2.71. The van der Waals surface area contributed by atoms with Crippen molar-refractivity contribution in [2.24, 2.45) is 5.84 Å². The van der Waals surface area contributed by atoms with Crippen molar-refractivity contribution in [2.45, 2.75) is 19.9 Å². The molecular weight excluding hydrogens is 260 g/mol. The molecule has 1 atom stereocenters. The number of hydrogen-bond donors (Lipinski definition) is 2. The molecule has 4 heteroatoms. The molecule has 2 heterocycles. The third-order valence-electron chi connectivity index (χ3n) is 3.71. The Labute approximate surface area is 124 Å². The molecule has 0 aliphatic carbocycles. The molecule has 0 saturated carbocycles. The van der Waals surface area contributed by atoms with E-state index in [4.69, 9.17) is 5.84 Å². The summed E-state index contributed by atoms with van der Waals surface area (Å²) >= 11 is 0. The van der Waals surface area contributed by atoms with Crippen LogP contribution in [0, 0.1) is 13.8 Å². The van der Waals surface area contributed by atoms with Crippen LogP contribution in [0.1, 0.15) is 28.4 Å². The van der Waals surface area contributed by atoms with E-state index in [1.807, 2.05) is 37.6 Å². The minimum atomic E-state index is -0.177. The van der Waals surface area contributed by atoms with Crippen molar-refractivity contribution in [2.75, 3.05) is 0 Å². The number of pyridine rings is 2. The lowest BCUT2D eigenvalue weighted by Gasteiger charge is -2.19. The minimum absolute atomic E-state index is 0.177. The van der Waals surface area contributed by atoms with Gasteiger partial charge in [0.05, 0.1) is 11.7 Å². The summed E-state index contributed by atoms with van der Waals surface area (Å²) in [6.45, 7) is 4.09. The van der Waals surface area contributed by atoms with Gasteiger partial charge in [0.25, 0.3) is 0 Å². The van der Waals surface area contributed by atoms with Crippen LogP contribution in [0.4, 0.5) is 0 Å². The number of benzene rings is 1. The first kappa shape index (κ1) is 13.7. The Balaban J connectivity index is 2.18. The average molecular weight is 278 g/mol. The van der Waals surface area contributed by atoms with Crippen molar-refractivity contribution in [3.8, 4) is 0 Å². The Hall–Kier alpha value is -2.30. The zero-order chi connectivity index (χ0) is 14.8. The number of aromatic nitrogens is 2. The highest BCUT2D eigenvalue weighted by atomic mass is 15.2. The number of hydrogen-bond acceptors (Lipinski definition) is 4. The Morgan fingerprint density at radius 2 is 1.90 bits per heavy atom. The van der Waals surface area contributed by atoms with Gasteiger partial charge in [0, 0.05) is 29.5 Å². The van der Waals surface area contributed by atoms with Gasteiger partial charge >= 0.3 is 0 Å². The van der Waals surface area contributed by atoms with Crippen LogP contribution in [0.5, 0.6) is 0 Å². The molecule has 0 aliphatic heterocycles. The normalized spacial score (nSPS) is 12.5. The largest absolute Gasteiger partial charge is 0.271 e. The van der Waals surface area contributed by atoms with Crippen LogP contribution in [-0.4, -0.2) is 9.97 Å². The van der Waals surface area contributed by atoms with Gasteiger partial charge in [-0.2, -0.15) is 0 Å². The summed E-state index contributed by atoms with van der Waals surface area (Å²) in [6.07, 6.45) is 5.58. The number of aryl methyl sites for hydroxylation is 2. The van der Waals surface area contributed by atoms with Gasteiger partial charge in [0.1, 0.15) is 0 Å². The molecule has 4 nitrogen and oxygen atoms in total. The van der Waals surface area contributed by atoms with Gasteiger partial charge in [-0.15, -0.1) is 0 Å². The van der Waals surface area contributed by atoms with Crippen LogP contribution in [0.25, 0.3) is 10.8 Å². The second-order valence-electron chi connectivity index (χ2n) is 5.26. The van der Waals surface area contributed by atoms with Crippen molar-refractivity contribution in [1.82, 2.24) is 15.4 Å². The summed E-state index contributed by atoms with van der Waals surface area (Å²) in [5.74, 6) is 5.82. The van der Waals surface area contributed by atoms with Crippen LogP contribution in [0.15, 0.2) is 48.9 Å². The van der Waals surface area contributed by atoms with Crippen molar-refractivity contribution < 1.29 is 0 Å². The molecule has 0 saturated heterocycles. The number of nitrogens with two attached hydrogens (primary N) is 1.